The van der Waals surface area contributed by atoms with Crippen molar-refractivity contribution in [3.8, 4) is 0 Å². The molecule has 1 aliphatic rings. The standard InChI is InChI=1S/C20H23N7OS2/c1-14-6-2-3-10-27(14)16-12-17(30-20-21-8-5-9-22-20)25-18(24-16)26-19(29)23-13-15-7-4-11-28-15/h4-5,7-9,11-12,14H,2-3,6,10,13H2,1H3,(H2,23,24,25,26,29)/t14-/m0/s1. The van der Waals surface area contributed by atoms with Crippen molar-refractivity contribution in [1.82, 2.24) is 25.3 Å². The van der Waals surface area contributed by atoms with Gasteiger partial charge in [-0.2, -0.15) is 4.98 Å². The molecule has 0 saturated carbocycles. The van der Waals surface area contributed by atoms with Crippen molar-refractivity contribution >= 4 is 40.9 Å². The summed E-state index contributed by atoms with van der Waals surface area (Å²) in [5.41, 5.74) is 0. The molecule has 4 rings (SSSR count). The molecule has 1 aliphatic heterocycles. The summed E-state index contributed by atoms with van der Waals surface area (Å²) in [5.74, 6) is 2.13. The Labute approximate surface area is 184 Å². The number of thiocarbonyl (C=S) groups is 1. The second-order valence-electron chi connectivity index (χ2n) is 6.95. The van der Waals surface area contributed by atoms with Gasteiger partial charge in [-0.15, -0.1) is 0 Å². The lowest BCUT2D eigenvalue weighted by molar-refractivity contribution is 0.480. The molecule has 4 heterocycles. The van der Waals surface area contributed by atoms with Crippen LogP contribution in [-0.2, 0) is 6.54 Å². The molecule has 0 aromatic carbocycles. The van der Waals surface area contributed by atoms with Gasteiger partial charge >= 0.3 is 0 Å². The van der Waals surface area contributed by atoms with Crippen molar-refractivity contribution in [3.63, 3.8) is 0 Å². The summed E-state index contributed by atoms with van der Waals surface area (Å²) in [4.78, 5) is 20.3. The summed E-state index contributed by atoms with van der Waals surface area (Å²) in [6, 6.07) is 7.94. The zero-order valence-corrected chi connectivity index (χ0v) is 18.2. The number of nitrogens with zero attached hydrogens (tertiary/aromatic N) is 5. The molecule has 3 aromatic heterocycles. The Bertz CT molecular complexity index is 969. The molecule has 10 heteroatoms. The van der Waals surface area contributed by atoms with E-state index in [0.29, 0.717) is 28.8 Å². The molecule has 2 N–H and O–H groups in total. The van der Waals surface area contributed by atoms with Crippen LogP contribution in [-0.4, -0.2) is 37.6 Å². The second kappa shape index (κ2) is 9.86. The summed E-state index contributed by atoms with van der Waals surface area (Å²) in [5, 5.41) is 8.05. The summed E-state index contributed by atoms with van der Waals surface area (Å²) in [7, 11) is 0. The van der Waals surface area contributed by atoms with Crippen LogP contribution in [0.1, 0.15) is 31.9 Å². The largest absolute Gasteiger partial charge is 0.467 e. The van der Waals surface area contributed by atoms with E-state index in [1.54, 1.807) is 24.7 Å². The van der Waals surface area contributed by atoms with E-state index in [9.17, 15) is 0 Å². The molecule has 156 valence electrons. The van der Waals surface area contributed by atoms with Gasteiger partial charge in [0.05, 0.1) is 12.8 Å². The number of anilines is 2. The summed E-state index contributed by atoms with van der Waals surface area (Å²) in [6.07, 6.45) is 8.63. The fourth-order valence-electron chi connectivity index (χ4n) is 3.26. The van der Waals surface area contributed by atoms with Gasteiger partial charge in [0.2, 0.25) is 5.95 Å². The maximum atomic E-state index is 5.42. The predicted molar refractivity (Wildman–Crippen MR) is 121 cm³/mol. The minimum absolute atomic E-state index is 0.427. The Morgan fingerprint density at radius 2 is 2.13 bits per heavy atom. The number of piperidine rings is 1. The van der Waals surface area contributed by atoms with Crippen molar-refractivity contribution in [2.45, 2.75) is 49.0 Å². The zero-order valence-electron chi connectivity index (χ0n) is 16.6. The predicted octanol–water partition coefficient (Wildman–Crippen LogP) is 3.88. The lowest BCUT2D eigenvalue weighted by Crippen LogP contribution is -2.38. The van der Waals surface area contributed by atoms with Gasteiger partial charge in [0, 0.05) is 31.0 Å². The van der Waals surface area contributed by atoms with Gasteiger partial charge in [-0.25, -0.2) is 15.0 Å². The Morgan fingerprint density at radius 1 is 1.27 bits per heavy atom. The molecule has 3 aromatic rings. The lowest BCUT2D eigenvalue weighted by atomic mass is 10.0. The number of rotatable bonds is 6. The van der Waals surface area contributed by atoms with Gasteiger partial charge in [-0.1, -0.05) is 0 Å². The molecule has 0 amide bonds. The van der Waals surface area contributed by atoms with Gasteiger partial charge < -0.3 is 20.0 Å². The van der Waals surface area contributed by atoms with Gasteiger partial charge in [0.15, 0.2) is 10.3 Å². The monoisotopic (exact) mass is 441 g/mol. The van der Waals surface area contributed by atoms with Gasteiger partial charge in [0.25, 0.3) is 0 Å². The number of furan rings is 1. The van der Waals surface area contributed by atoms with Crippen molar-refractivity contribution in [2.24, 2.45) is 0 Å². The summed E-state index contributed by atoms with van der Waals surface area (Å²) >= 11 is 6.82. The number of nitrogens with one attached hydrogen (secondary N) is 2. The van der Waals surface area contributed by atoms with Gasteiger partial charge in [0.1, 0.15) is 16.6 Å². The van der Waals surface area contributed by atoms with E-state index in [-0.39, 0.29) is 0 Å². The first-order valence-corrected chi connectivity index (χ1v) is 11.1. The average Bonchev–Trinajstić information content (AvgIpc) is 3.27. The zero-order chi connectivity index (χ0) is 20.8. The quantitative estimate of drug-likeness (QED) is 0.333. The van der Waals surface area contributed by atoms with Crippen LogP contribution in [0.25, 0.3) is 0 Å². The van der Waals surface area contributed by atoms with E-state index in [2.05, 4.69) is 37.4 Å². The third-order valence-electron chi connectivity index (χ3n) is 4.75. The van der Waals surface area contributed by atoms with Gasteiger partial charge in [-0.3, -0.25) is 0 Å². The Hall–Kier alpha value is -2.72. The van der Waals surface area contributed by atoms with Crippen molar-refractivity contribution in [1.29, 1.82) is 0 Å². The maximum Gasteiger partial charge on any atom is 0.232 e. The molecule has 1 atom stereocenters. The van der Waals surface area contributed by atoms with Crippen molar-refractivity contribution in [2.75, 3.05) is 16.8 Å². The van der Waals surface area contributed by atoms with E-state index in [1.807, 2.05) is 18.2 Å². The van der Waals surface area contributed by atoms with Crippen LogP contribution in [0.4, 0.5) is 11.8 Å². The summed E-state index contributed by atoms with van der Waals surface area (Å²) < 4.78 is 5.32. The van der Waals surface area contributed by atoms with Crippen LogP contribution in [0.3, 0.4) is 0 Å². The van der Waals surface area contributed by atoms with Crippen molar-refractivity contribution < 1.29 is 4.42 Å². The van der Waals surface area contributed by atoms with Gasteiger partial charge in [-0.05, 0) is 68.4 Å². The highest BCUT2D eigenvalue weighted by Gasteiger charge is 2.21. The Morgan fingerprint density at radius 3 is 2.90 bits per heavy atom. The Balaban J connectivity index is 1.53. The van der Waals surface area contributed by atoms with E-state index in [4.69, 9.17) is 21.6 Å². The minimum Gasteiger partial charge on any atom is -0.467 e. The van der Waals surface area contributed by atoms with Crippen LogP contribution in [0.2, 0.25) is 0 Å². The fourth-order valence-corrected chi connectivity index (χ4v) is 4.14. The van der Waals surface area contributed by atoms with Crippen LogP contribution in [0.5, 0.6) is 0 Å². The third-order valence-corrected chi connectivity index (χ3v) is 5.81. The third kappa shape index (κ3) is 5.45. The first kappa shape index (κ1) is 20.5. The molecule has 30 heavy (non-hydrogen) atoms. The van der Waals surface area contributed by atoms with Crippen LogP contribution in [0.15, 0.2) is 57.5 Å². The fraction of sp³-hybridized carbons (Fsp3) is 0.350. The Kier molecular flexibility index (Phi) is 6.75. The first-order valence-electron chi connectivity index (χ1n) is 9.85. The van der Waals surface area contributed by atoms with Crippen LogP contribution >= 0.6 is 24.0 Å². The molecule has 1 fully saturated rings. The molecule has 0 unspecified atom stereocenters. The number of hydrogen-bond donors (Lipinski definition) is 2. The molecular weight excluding hydrogens is 418 g/mol. The minimum atomic E-state index is 0.427. The summed E-state index contributed by atoms with van der Waals surface area (Å²) in [6.45, 7) is 3.70. The van der Waals surface area contributed by atoms with Crippen molar-refractivity contribution in [3.05, 3.63) is 48.7 Å². The van der Waals surface area contributed by atoms with Crippen LogP contribution < -0.4 is 15.5 Å². The molecule has 0 aliphatic carbocycles. The van der Waals surface area contributed by atoms with Crippen LogP contribution in [0, 0.1) is 0 Å². The maximum absolute atomic E-state index is 5.42. The SMILES string of the molecule is C[C@H]1CCCCN1c1cc(Sc2ncccn2)nc(NC(=S)NCc2ccco2)n1. The number of aromatic nitrogens is 4. The average molecular weight is 442 g/mol. The highest BCUT2D eigenvalue weighted by Crippen LogP contribution is 2.29. The normalized spacial score (nSPS) is 16.3. The van der Waals surface area contributed by atoms with E-state index >= 15 is 0 Å². The second-order valence-corrected chi connectivity index (χ2v) is 8.34. The van der Waals surface area contributed by atoms with E-state index in [0.717, 1.165) is 36.0 Å². The van der Waals surface area contributed by atoms with E-state index < -0.39 is 0 Å². The molecule has 0 bridgehead atoms. The molecular formula is C20H23N7OS2. The molecule has 0 spiro atoms. The topological polar surface area (TPSA) is 92.0 Å². The first-order chi connectivity index (χ1) is 14.7. The van der Waals surface area contributed by atoms with E-state index in [1.165, 1.54) is 18.2 Å². The highest BCUT2D eigenvalue weighted by molar-refractivity contribution is 7.99. The highest BCUT2D eigenvalue weighted by atomic mass is 32.2. The lowest BCUT2D eigenvalue weighted by Gasteiger charge is -2.34. The smallest absolute Gasteiger partial charge is 0.232 e. The molecule has 1 saturated heterocycles. The molecule has 8 nitrogen and oxygen atoms in total. The molecule has 0 radical (unpaired) electrons. The number of hydrogen-bond acceptors (Lipinski definition) is 8.